The number of thiophene rings is 1. The van der Waals surface area contributed by atoms with Gasteiger partial charge >= 0.3 is 5.97 Å². The van der Waals surface area contributed by atoms with Crippen LogP contribution in [0.2, 0.25) is 0 Å². The monoisotopic (exact) mass is 477 g/mol. The number of esters is 1. The smallest absolute Gasteiger partial charge is 0.341 e. The first kappa shape index (κ1) is 23.2. The topological polar surface area (TPSA) is 113 Å². The quantitative estimate of drug-likeness (QED) is 0.323. The first-order valence-corrected chi connectivity index (χ1v) is 11.4. The molecule has 0 saturated carbocycles. The first-order valence-electron chi connectivity index (χ1n) is 10.6. The van der Waals surface area contributed by atoms with Crippen LogP contribution in [0.15, 0.2) is 46.9 Å². The Labute approximate surface area is 199 Å². The molecule has 0 aliphatic heterocycles. The summed E-state index contributed by atoms with van der Waals surface area (Å²) >= 11 is 0.996. The van der Waals surface area contributed by atoms with Crippen LogP contribution in [0.4, 0.5) is 5.00 Å². The Morgan fingerprint density at radius 3 is 2.56 bits per heavy atom. The van der Waals surface area contributed by atoms with Crippen molar-refractivity contribution in [3.8, 4) is 0 Å². The van der Waals surface area contributed by atoms with Gasteiger partial charge in [-0.05, 0) is 42.3 Å². The first-order chi connectivity index (χ1) is 16.2. The van der Waals surface area contributed by atoms with E-state index < -0.39 is 11.9 Å². The van der Waals surface area contributed by atoms with E-state index in [-0.39, 0.29) is 34.2 Å². The highest BCUT2D eigenvalue weighted by Crippen LogP contribution is 2.35. The minimum Gasteiger partial charge on any atom is -0.462 e. The normalized spacial score (nSPS) is 10.9. The second-order valence-electron chi connectivity index (χ2n) is 7.82. The summed E-state index contributed by atoms with van der Waals surface area (Å²) < 4.78 is 10.8. The van der Waals surface area contributed by atoms with Gasteiger partial charge in [-0.2, -0.15) is 0 Å². The summed E-state index contributed by atoms with van der Waals surface area (Å²) in [7, 11) is 3.22. The lowest BCUT2D eigenvalue weighted by atomic mass is 10.0. The van der Waals surface area contributed by atoms with Gasteiger partial charge < -0.3 is 19.4 Å². The van der Waals surface area contributed by atoms with Crippen LogP contribution in [0, 0.1) is 12.3 Å². The molecule has 34 heavy (non-hydrogen) atoms. The number of carbonyl (C=O) groups is 3. The van der Waals surface area contributed by atoms with Crippen LogP contribution in [0.25, 0.3) is 21.7 Å². The fraction of sp³-hybridized carbons (Fsp3) is 0.200. The number of benzene rings is 2. The number of carbonyl (C=O) groups excluding carboxylic acids is 3. The molecule has 2 aromatic carbocycles. The van der Waals surface area contributed by atoms with Crippen LogP contribution in [-0.2, 0) is 4.74 Å². The number of hydrogen-bond acceptors (Lipinski definition) is 7. The van der Waals surface area contributed by atoms with E-state index in [1.807, 2.05) is 30.3 Å². The number of nitrogens with one attached hydrogen (secondary N) is 2. The molecule has 2 aromatic heterocycles. The van der Waals surface area contributed by atoms with Gasteiger partial charge in [-0.1, -0.05) is 30.3 Å². The number of nitrogens with zero attached hydrogens (tertiary/aromatic N) is 1. The zero-order valence-corrected chi connectivity index (χ0v) is 20.0. The Kier molecular flexibility index (Phi) is 6.21. The van der Waals surface area contributed by atoms with E-state index in [4.69, 9.17) is 14.6 Å². The lowest BCUT2D eigenvalue weighted by Gasteiger charge is -2.09. The molecule has 2 N–H and O–H groups in total. The van der Waals surface area contributed by atoms with Crippen LogP contribution >= 0.6 is 11.3 Å². The zero-order valence-electron chi connectivity index (χ0n) is 19.1. The van der Waals surface area contributed by atoms with Gasteiger partial charge in [0.25, 0.3) is 11.8 Å². The van der Waals surface area contributed by atoms with E-state index in [1.165, 1.54) is 4.90 Å². The van der Waals surface area contributed by atoms with Crippen LogP contribution in [-0.4, -0.2) is 43.4 Å². The molecule has 4 aromatic rings. The number of anilines is 1. The molecule has 0 aliphatic rings. The molecular formula is C25H23N3O5S. The number of rotatable bonds is 5. The third kappa shape index (κ3) is 4.06. The van der Waals surface area contributed by atoms with Gasteiger partial charge in [0.15, 0.2) is 0 Å². The fourth-order valence-corrected chi connectivity index (χ4v) is 4.90. The van der Waals surface area contributed by atoms with Crippen LogP contribution < -0.4 is 10.9 Å². The summed E-state index contributed by atoms with van der Waals surface area (Å²) in [4.78, 5) is 40.2. The Hall–Kier alpha value is -3.98. The van der Waals surface area contributed by atoms with Gasteiger partial charge in [-0.3, -0.25) is 15.0 Å². The number of fused-ring (bicyclic) bond motifs is 3. The van der Waals surface area contributed by atoms with E-state index in [0.717, 1.165) is 22.1 Å². The molecule has 0 bridgehead atoms. The van der Waals surface area contributed by atoms with E-state index in [0.29, 0.717) is 21.4 Å². The summed E-state index contributed by atoms with van der Waals surface area (Å²) in [5.74, 6) is -1.55. The maximum Gasteiger partial charge on any atom is 0.341 e. The fourth-order valence-electron chi connectivity index (χ4n) is 3.69. The third-order valence-corrected chi connectivity index (χ3v) is 6.57. The molecule has 2 heterocycles. The van der Waals surface area contributed by atoms with Crippen LogP contribution in [0.5, 0.6) is 0 Å². The minimum absolute atomic E-state index is 0.00482. The van der Waals surface area contributed by atoms with Gasteiger partial charge in [-0.25, -0.2) is 4.79 Å². The molecule has 8 nitrogen and oxygen atoms in total. The van der Waals surface area contributed by atoms with Gasteiger partial charge in [0, 0.05) is 19.5 Å². The van der Waals surface area contributed by atoms with Gasteiger partial charge in [-0.15, -0.1) is 11.3 Å². The Morgan fingerprint density at radius 1 is 1.12 bits per heavy atom. The van der Waals surface area contributed by atoms with Crippen molar-refractivity contribution < 1.29 is 23.5 Å². The molecule has 0 atom stereocenters. The highest BCUT2D eigenvalue weighted by molar-refractivity contribution is 7.18. The van der Waals surface area contributed by atoms with E-state index in [1.54, 1.807) is 40.1 Å². The molecule has 0 radical (unpaired) electrons. The van der Waals surface area contributed by atoms with Crippen molar-refractivity contribution in [2.24, 2.45) is 0 Å². The lowest BCUT2D eigenvalue weighted by molar-refractivity contribution is 0.0527. The number of ether oxygens (including phenoxy) is 1. The summed E-state index contributed by atoms with van der Waals surface area (Å²) in [5.41, 5.74) is 0.734. The second kappa shape index (κ2) is 9.11. The van der Waals surface area contributed by atoms with Crippen molar-refractivity contribution in [1.82, 2.24) is 4.90 Å². The van der Waals surface area contributed by atoms with Crippen molar-refractivity contribution in [3.05, 3.63) is 69.6 Å². The predicted octanol–water partition coefficient (Wildman–Crippen LogP) is 4.57. The van der Waals surface area contributed by atoms with Gasteiger partial charge in [0.1, 0.15) is 16.1 Å². The average molecular weight is 478 g/mol. The lowest BCUT2D eigenvalue weighted by Crippen LogP contribution is -2.21. The molecule has 0 saturated heterocycles. The number of amides is 2. The maximum absolute atomic E-state index is 13.2. The van der Waals surface area contributed by atoms with Crippen molar-refractivity contribution in [1.29, 1.82) is 5.41 Å². The second-order valence-corrected chi connectivity index (χ2v) is 8.84. The molecular weight excluding hydrogens is 454 g/mol. The van der Waals surface area contributed by atoms with Crippen molar-refractivity contribution in [2.45, 2.75) is 13.8 Å². The average Bonchev–Trinajstić information content (AvgIpc) is 3.13. The minimum atomic E-state index is -0.635. The highest BCUT2D eigenvalue weighted by atomic mass is 32.1. The van der Waals surface area contributed by atoms with Gasteiger partial charge in [0.05, 0.1) is 17.0 Å². The molecule has 174 valence electrons. The third-order valence-electron chi connectivity index (χ3n) is 5.37. The van der Waals surface area contributed by atoms with E-state index in [2.05, 4.69) is 5.32 Å². The summed E-state index contributed by atoms with van der Waals surface area (Å²) in [6, 6.07) is 12.9. The Morgan fingerprint density at radius 2 is 1.85 bits per heavy atom. The zero-order chi connectivity index (χ0) is 24.6. The van der Waals surface area contributed by atoms with Crippen molar-refractivity contribution in [3.63, 3.8) is 0 Å². The van der Waals surface area contributed by atoms with E-state index >= 15 is 0 Å². The highest BCUT2D eigenvalue weighted by Gasteiger charge is 2.28. The standard InChI is InChI=1S/C25H23N3O5S/c1-5-32-25(31)19-13(2)20(24(30)28(3)4)34-23(19)27-22(29)17-12-16-15-9-7-6-8-14(15)10-11-18(16)33-21(17)26/h6-12,26H,5H2,1-4H3,(H,27,29). The Bertz CT molecular complexity index is 1520. The summed E-state index contributed by atoms with van der Waals surface area (Å²) in [6.45, 7) is 3.46. The van der Waals surface area contributed by atoms with Crippen LogP contribution in [0.3, 0.4) is 0 Å². The Balaban J connectivity index is 1.80. The number of hydrogen-bond donors (Lipinski definition) is 2. The molecule has 0 fully saturated rings. The summed E-state index contributed by atoms with van der Waals surface area (Å²) in [5, 5.41) is 13.7. The molecule has 9 heteroatoms. The van der Waals surface area contributed by atoms with Crippen molar-refractivity contribution in [2.75, 3.05) is 26.0 Å². The molecule has 0 spiro atoms. The molecule has 2 amide bonds. The SMILES string of the molecule is CCOC(=O)c1c(NC(=O)c2cc3c(ccc4ccccc43)oc2=N)sc(C(=O)N(C)C)c1C. The molecule has 4 rings (SSSR count). The largest absolute Gasteiger partial charge is 0.462 e. The van der Waals surface area contributed by atoms with Crippen molar-refractivity contribution >= 4 is 55.9 Å². The van der Waals surface area contributed by atoms with Crippen LogP contribution in [0.1, 0.15) is 42.9 Å². The van der Waals surface area contributed by atoms with E-state index in [9.17, 15) is 14.4 Å². The molecule has 0 aliphatic carbocycles. The molecule has 0 unspecified atom stereocenters. The van der Waals surface area contributed by atoms with Gasteiger partial charge in [0.2, 0.25) is 5.55 Å². The maximum atomic E-state index is 13.2. The predicted molar refractivity (Wildman–Crippen MR) is 131 cm³/mol. The summed E-state index contributed by atoms with van der Waals surface area (Å²) in [6.07, 6.45) is 0.